The van der Waals surface area contributed by atoms with Gasteiger partial charge in [0.2, 0.25) is 15.9 Å². The molecule has 0 unspecified atom stereocenters. The predicted octanol–water partition coefficient (Wildman–Crippen LogP) is 4.86. The Bertz CT molecular complexity index is 1270. The van der Waals surface area contributed by atoms with Crippen molar-refractivity contribution in [1.82, 2.24) is 9.29 Å². The summed E-state index contributed by atoms with van der Waals surface area (Å²) < 4.78 is 33.4. The lowest BCUT2D eigenvalue weighted by Crippen LogP contribution is -2.35. The Labute approximate surface area is 188 Å². The van der Waals surface area contributed by atoms with Crippen molar-refractivity contribution >= 4 is 32.7 Å². The summed E-state index contributed by atoms with van der Waals surface area (Å²) in [6.45, 7) is 8.90. The number of anilines is 1. The summed E-state index contributed by atoms with van der Waals surface area (Å²) in [4.78, 5) is 17.7. The van der Waals surface area contributed by atoms with Gasteiger partial charge in [-0.2, -0.15) is 4.31 Å². The Morgan fingerprint density at radius 1 is 1.06 bits per heavy atom. The standard InChI is InChI=1S/C24H29N3O4S/c1-16-8-10-18(32(29,30)27-12-6-5-7-13-27)15-19(16)22(28)25-17-9-11-21-20(14-17)26-23(31-21)24(2,3)4/h8-11,14-15H,5-7,12-13H2,1-4H3,(H,25,28). The molecule has 2 heterocycles. The summed E-state index contributed by atoms with van der Waals surface area (Å²) in [6.07, 6.45) is 2.76. The first kappa shape index (κ1) is 22.5. The first-order chi connectivity index (χ1) is 15.1. The number of carbonyl (C=O) groups is 1. The number of oxazole rings is 1. The minimum Gasteiger partial charge on any atom is -0.440 e. The van der Waals surface area contributed by atoms with Crippen molar-refractivity contribution in [3.63, 3.8) is 0 Å². The molecule has 1 N–H and O–H groups in total. The first-order valence-corrected chi connectivity index (χ1v) is 12.3. The number of nitrogens with zero attached hydrogens (tertiary/aromatic N) is 2. The lowest BCUT2D eigenvalue weighted by Gasteiger charge is -2.26. The van der Waals surface area contributed by atoms with E-state index in [2.05, 4.69) is 10.3 Å². The van der Waals surface area contributed by atoms with Gasteiger partial charge in [0.15, 0.2) is 5.58 Å². The number of fused-ring (bicyclic) bond motifs is 1. The molecule has 170 valence electrons. The van der Waals surface area contributed by atoms with E-state index >= 15 is 0 Å². The number of nitrogens with one attached hydrogen (secondary N) is 1. The van der Waals surface area contributed by atoms with Crippen LogP contribution in [-0.2, 0) is 15.4 Å². The molecule has 4 rings (SSSR count). The third kappa shape index (κ3) is 4.42. The van der Waals surface area contributed by atoms with Crippen molar-refractivity contribution in [2.75, 3.05) is 18.4 Å². The summed E-state index contributed by atoms with van der Waals surface area (Å²) in [5.74, 6) is 0.263. The largest absolute Gasteiger partial charge is 0.440 e. The minimum absolute atomic E-state index is 0.150. The summed E-state index contributed by atoms with van der Waals surface area (Å²) in [5, 5.41) is 2.87. The molecule has 1 saturated heterocycles. The fraction of sp³-hybridized carbons (Fsp3) is 0.417. The number of rotatable bonds is 4. The van der Waals surface area contributed by atoms with Gasteiger partial charge in [0.25, 0.3) is 5.91 Å². The maximum atomic E-state index is 13.0. The van der Waals surface area contributed by atoms with Gasteiger partial charge in [0.05, 0.1) is 4.90 Å². The molecule has 1 amide bonds. The van der Waals surface area contributed by atoms with Crippen LogP contribution in [-0.4, -0.2) is 36.7 Å². The second-order valence-corrected chi connectivity index (χ2v) is 11.3. The normalized spacial score (nSPS) is 15.8. The van der Waals surface area contributed by atoms with Crippen LogP contribution in [0, 0.1) is 6.92 Å². The van der Waals surface area contributed by atoms with Gasteiger partial charge >= 0.3 is 0 Å². The molecule has 8 heteroatoms. The van der Waals surface area contributed by atoms with Gasteiger partial charge in [0.1, 0.15) is 5.52 Å². The fourth-order valence-electron chi connectivity index (χ4n) is 3.78. The average molecular weight is 456 g/mol. The molecule has 0 saturated carbocycles. The highest BCUT2D eigenvalue weighted by atomic mass is 32.2. The van der Waals surface area contributed by atoms with E-state index in [9.17, 15) is 13.2 Å². The van der Waals surface area contributed by atoms with Gasteiger partial charge < -0.3 is 9.73 Å². The number of hydrogen-bond donors (Lipinski definition) is 1. The molecular formula is C24H29N3O4S. The molecule has 1 aromatic heterocycles. The van der Waals surface area contributed by atoms with Gasteiger partial charge in [-0.3, -0.25) is 4.79 Å². The molecule has 1 fully saturated rings. The lowest BCUT2D eigenvalue weighted by molar-refractivity contribution is 0.102. The Hall–Kier alpha value is -2.71. The second kappa shape index (κ2) is 8.33. The van der Waals surface area contributed by atoms with Crippen molar-refractivity contribution in [1.29, 1.82) is 0 Å². The van der Waals surface area contributed by atoms with E-state index in [4.69, 9.17) is 4.42 Å². The third-order valence-corrected chi connectivity index (χ3v) is 7.59. The molecule has 2 aromatic carbocycles. The SMILES string of the molecule is Cc1ccc(S(=O)(=O)N2CCCCC2)cc1C(=O)Nc1ccc2oc(C(C)(C)C)nc2c1. The van der Waals surface area contributed by atoms with Crippen molar-refractivity contribution in [2.45, 2.75) is 57.3 Å². The van der Waals surface area contributed by atoms with Gasteiger partial charge in [-0.15, -0.1) is 0 Å². The number of carbonyl (C=O) groups excluding carboxylic acids is 1. The Balaban J connectivity index is 1.60. The number of sulfonamides is 1. The predicted molar refractivity (Wildman–Crippen MR) is 124 cm³/mol. The molecule has 0 atom stereocenters. The number of hydrogen-bond acceptors (Lipinski definition) is 5. The third-order valence-electron chi connectivity index (χ3n) is 5.69. The van der Waals surface area contributed by atoms with Gasteiger partial charge in [-0.25, -0.2) is 13.4 Å². The first-order valence-electron chi connectivity index (χ1n) is 10.9. The van der Waals surface area contributed by atoms with Crippen LogP contribution in [0.2, 0.25) is 0 Å². The second-order valence-electron chi connectivity index (χ2n) is 9.35. The van der Waals surface area contributed by atoms with Gasteiger partial charge in [0, 0.05) is 29.8 Å². The van der Waals surface area contributed by atoms with Crippen molar-refractivity contribution < 1.29 is 17.6 Å². The number of aromatic nitrogens is 1. The molecule has 1 aliphatic heterocycles. The molecule has 3 aromatic rings. The molecule has 7 nitrogen and oxygen atoms in total. The molecule has 1 aliphatic rings. The fourth-order valence-corrected chi connectivity index (χ4v) is 5.33. The zero-order valence-corrected chi connectivity index (χ0v) is 19.8. The van der Waals surface area contributed by atoms with Crippen LogP contribution in [0.5, 0.6) is 0 Å². The van der Waals surface area contributed by atoms with Crippen LogP contribution < -0.4 is 5.32 Å². The maximum Gasteiger partial charge on any atom is 0.255 e. The smallest absolute Gasteiger partial charge is 0.255 e. The van der Waals surface area contributed by atoms with E-state index in [0.717, 1.165) is 19.3 Å². The molecule has 0 aliphatic carbocycles. The highest BCUT2D eigenvalue weighted by Gasteiger charge is 2.27. The van der Waals surface area contributed by atoms with Gasteiger partial charge in [-0.1, -0.05) is 33.3 Å². The molecule has 0 bridgehead atoms. The summed E-state index contributed by atoms with van der Waals surface area (Å²) >= 11 is 0. The summed E-state index contributed by atoms with van der Waals surface area (Å²) in [5.41, 5.74) is 2.70. The van der Waals surface area contributed by atoms with E-state index in [1.165, 1.54) is 10.4 Å². The van der Waals surface area contributed by atoms with E-state index in [1.54, 1.807) is 37.3 Å². The number of piperidine rings is 1. The van der Waals surface area contributed by atoms with Crippen LogP contribution in [0.4, 0.5) is 5.69 Å². The monoisotopic (exact) mass is 455 g/mol. The zero-order valence-electron chi connectivity index (χ0n) is 18.9. The summed E-state index contributed by atoms with van der Waals surface area (Å²) in [6, 6.07) is 10.0. The van der Waals surface area contributed by atoms with Crippen LogP contribution >= 0.6 is 0 Å². The van der Waals surface area contributed by atoms with Crippen LogP contribution in [0.3, 0.4) is 0 Å². The van der Waals surface area contributed by atoms with E-state index in [0.29, 0.717) is 46.9 Å². The van der Waals surface area contributed by atoms with Crippen molar-refractivity contribution in [2.24, 2.45) is 0 Å². The molecule has 32 heavy (non-hydrogen) atoms. The number of amides is 1. The van der Waals surface area contributed by atoms with Crippen molar-refractivity contribution in [3.8, 4) is 0 Å². The number of benzene rings is 2. The summed E-state index contributed by atoms with van der Waals surface area (Å²) in [7, 11) is -3.62. The van der Waals surface area contributed by atoms with E-state index in [1.807, 2.05) is 20.8 Å². The average Bonchev–Trinajstić information content (AvgIpc) is 3.18. The van der Waals surface area contributed by atoms with Crippen LogP contribution in [0.15, 0.2) is 45.7 Å². The lowest BCUT2D eigenvalue weighted by atomic mass is 9.97. The van der Waals surface area contributed by atoms with Crippen molar-refractivity contribution in [3.05, 3.63) is 53.4 Å². The highest BCUT2D eigenvalue weighted by molar-refractivity contribution is 7.89. The zero-order chi connectivity index (χ0) is 23.1. The Morgan fingerprint density at radius 3 is 2.47 bits per heavy atom. The molecular weight excluding hydrogens is 426 g/mol. The Kier molecular flexibility index (Phi) is 5.85. The Morgan fingerprint density at radius 2 is 1.78 bits per heavy atom. The number of aryl methyl sites for hydroxylation is 1. The van der Waals surface area contributed by atoms with Crippen LogP contribution in [0.1, 0.15) is 61.8 Å². The molecule has 0 spiro atoms. The molecule has 0 radical (unpaired) electrons. The quantitative estimate of drug-likeness (QED) is 0.606. The maximum absolute atomic E-state index is 13.0. The highest BCUT2D eigenvalue weighted by Crippen LogP contribution is 2.28. The van der Waals surface area contributed by atoms with Gasteiger partial charge in [-0.05, 0) is 55.7 Å². The van der Waals surface area contributed by atoms with E-state index in [-0.39, 0.29) is 16.2 Å². The topological polar surface area (TPSA) is 92.5 Å². The van der Waals surface area contributed by atoms with E-state index < -0.39 is 10.0 Å². The minimum atomic E-state index is -3.62. The van der Waals surface area contributed by atoms with Crippen LogP contribution in [0.25, 0.3) is 11.1 Å².